The van der Waals surface area contributed by atoms with E-state index in [0.29, 0.717) is 42.6 Å². The summed E-state index contributed by atoms with van der Waals surface area (Å²) in [5, 5.41) is 9.22. The Labute approximate surface area is 207 Å². The summed E-state index contributed by atoms with van der Waals surface area (Å²) >= 11 is 0. The normalized spacial score (nSPS) is 17.3. The zero-order chi connectivity index (χ0) is 25.4. The molecule has 1 aliphatic heterocycles. The molecule has 2 fully saturated rings. The Morgan fingerprint density at radius 1 is 0.943 bits per heavy atom. The number of piperidine rings is 1. The molecule has 8 nitrogen and oxygen atoms in total. The molecular formula is C26H33N3O5S. The van der Waals surface area contributed by atoms with Crippen molar-refractivity contribution in [3.63, 3.8) is 0 Å². The molecule has 2 aliphatic rings. The van der Waals surface area contributed by atoms with Crippen molar-refractivity contribution >= 4 is 22.0 Å². The van der Waals surface area contributed by atoms with Gasteiger partial charge in [0.1, 0.15) is 0 Å². The molecule has 0 radical (unpaired) electrons. The maximum absolute atomic E-state index is 13.5. The molecule has 1 aliphatic carbocycles. The van der Waals surface area contributed by atoms with Gasteiger partial charge in [-0.1, -0.05) is 30.3 Å². The molecule has 2 N–H and O–H groups in total. The molecule has 0 unspecified atom stereocenters. The quantitative estimate of drug-likeness (QED) is 0.620. The highest BCUT2D eigenvalue weighted by Crippen LogP contribution is 2.34. The number of likely N-dealkylation sites (tertiary alicyclic amines) is 1. The van der Waals surface area contributed by atoms with Gasteiger partial charge in [0.05, 0.1) is 4.90 Å². The van der Waals surface area contributed by atoms with Crippen LogP contribution in [0.15, 0.2) is 53.4 Å². The lowest BCUT2D eigenvalue weighted by Crippen LogP contribution is -2.49. The Morgan fingerprint density at radius 2 is 1.51 bits per heavy atom. The lowest BCUT2D eigenvalue weighted by atomic mass is 10.0. The highest BCUT2D eigenvalue weighted by molar-refractivity contribution is 7.89. The molecule has 9 heteroatoms. The van der Waals surface area contributed by atoms with E-state index in [1.54, 1.807) is 69.3 Å². The average molecular weight is 500 g/mol. The Hall–Kier alpha value is -2.91. The first kappa shape index (κ1) is 25.2. The van der Waals surface area contributed by atoms with Gasteiger partial charge in [-0.15, -0.1) is 0 Å². The number of carboxylic acid groups (broad SMARTS) is 1. The number of nitrogens with one attached hydrogen (secondary N) is 1. The van der Waals surface area contributed by atoms with Crippen LogP contribution in [0.3, 0.4) is 0 Å². The SMILES string of the molecule is CC(C)(C)NS(=O)(=O)c1ccccc1-c1ccc(C(=O)N(C2CC2)C2CCN(C(=O)O)CC2)cc1. The average Bonchev–Trinajstić information content (AvgIpc) is 3.63. The van der Waals surface area contributed by atoms with E-state index in [4.69, 9.17) is 0 Å². The summed E-state index contributed by atoms with van der Waals surface area (Å²) in [6.45, 7) is 6.26. The smallest absolute Gasteiger partial charge is 0.407 e. The molecule has 2 aromatic rings. The first-order valence-corrected chi connectivity index (χ1v) is 13.5. The lowest BCUT2D eigenvalue weighted by molar-refractivity contribution is 0.0551. The van der Waals surface area contributed by atoms with Gasteiger partial charge in [0, 0.05) is 41.8 Å². The minimum atomic E-state index is -3.74. The highest BCUT2D eigenvalue weighted by Gasteiger charge is 2.39. The Morgan fingerprint density at radius 3 is 2.06 bits per heavy atom. The van der Waals surface area contributed by atoms with Gasteiger partial charge in [-0.2, -0.15) is 0 Å². The summed E-state index contributed by atoms with van der Waals surface area (Å²) in [4.78, 5) is 28.2. The summed E-state index contributed by atoms with van der Waals surface area (Å²) < 4.78 is 28.7. The highest BCUT2D eigenvalue weighted by atomic mass is 32.2. The van der Waals surface area contributed by atoms with Crippen molar-refractivity contribution in [1.82, 2.24) is 14.5 Å². The molecule has 0 atom stereocenters. The molecule has 1 heterocycles. The van der Waals surface area contributed by atoms with E-state index in [2.05, 4.69) is 4.72 Å². The van der Waals surface area contributed by atoms with Crippen LogP contribution in [0.4, 0.5) is 4.79 Å². The second-order valence-corrected chi connectivity index (χ2v) is 12.0. The summed E-state index contributed by atoms with van der Waals surface area (Å²) in [7, 11) is -3.74. The van der Waals surface area contributed by atoms with Crippen LogP contribution in [0.1, 0.15) is 56.8 Å². The van der Waals surface area contributed by atoms with Gasteiger partial charge in [-0.3, -0.25) is 4.79 Å². The molecule has 1 saturated carbocycles. The predicted octanol–water partition coefficient (Wildman–Crippen LogP) is 4.18. The van der Waals surface area contributed by atoms with E-state index in [9.17, 15) is 23.1 Å². The van der Waals surface area contributed by atoms with E-state index in [0.717, 1.165) is 12.8 Å². The number of hydrogen-bond acceptors (Lipinski definition) is 4. The fourth-order valence-corrected chi connectivity index (χ4v) is 6.31. The number of rotatable bonds is 6. The van der Waals surface area contributed by atoms with Gasteiger partial charge in [0.2, 0.25) is 10.0 Å². The van der Waals surface area contributed by atoms with E-state index >= 15 is 0 Å². The Balaban J connectivity index is 1.56. The van der Waals surface area contributed by atoms with Crippen LogP contribution < -0.4 is 4.72 Å². The van der Waals surface area contributed by atoms with Crippen molar-refractivity contribution in [1.29, 1.82) is 0 Å². The van der Waals surface area contributed by atoms with E-state index in [-0.39, 0.29) is 22.9 Å². The van der Waals surface area contributed by atoms with Crippen LogP contribution >= 0.6 is 0 Å². The summed E-state index contributed by atoms with van der Waals surface area (Å²) in [5.74, 6) is -0.0527. The van der Waals surface area contributed by atoms with Crippen LogP contribution in [0.2, 0.25) is 0 Å². The fraction of sp³-hybridized carbons (Fsp3) is 0.462. The number of carbonyl (C=O) groups excluding carboxylic acids is 1. The summed E-state index contributed by atoms with van der Waals surface area (Å²) in [6, 6.07) is 14.2. The molecule has 2 aromatic carbocycles. The number of nitrogens with zero attached hydrogens (tertiary/aromatic N) is 2. The predicted molar refractivity (Wildman–Crippen MR) is 134 cm³/mol. The van der Waals surface area contributed by atoms with Crippen molar-refractivity contribution in [3.8, 4) is 11.1 Å². The monoisotopic (exact) mass is 499 g/mol. The third kappa shape index (κ3) is 5.85. The zero-order valence-electron chi connectivity index (χ0n) is 20.4. The topological polar surface area (TPSA) is 107 Å². The number of amides is 2. The third-order valence-electron chi connectivity index (χ3n) is 6.36. The van der Waals surface area contributed by atoms with Gasteiger partial charge < -0.3 is 14.9 Å². The van der Waals surface area contributed by atoms with Crippen LogP contribution in [-0.2, 0) is 10.0 Å². The van der Waals surface area contributed by atoms with E-state index in [1.807, 2.05) is 4.90 Å². The lowest BCUT2D eigenvalue weighted by Gasteiger charge is -2.38. The number of benzene rings is 2. The summed E-state index contributed by atoms with van der Waals surface area (Å²) in [6.07, 6.45) is 2.30. The first-order chi connectivity index (χ1) is 16.5. The van der Waals surface area contributed by atoms with Crippen LogP contribution in [0, 0.1) is 0 Å². The number of carbonyl (C=O) groups is 2. The van der Waals surface area contributed by atoms with Crippen molar-refractivity contribution in [3.05, 3.63) is 54.1 Å². The second-order valence-electron chi connectivity index (χ2n) is 10.4. The van der Waals surface area contributed by atoms with E-state index in [1.165, 1.54) is 4.90 Å². The molecule has 4 rings (SSSR count). The van der Waals surface area contributed by atoms with Crippen LogP contribution in [0.25, 0.3) is 11.1 Å². The van der Waals surface area contributed by atoms with Gasteiger partial charge in [-0.25, -0.2) is 17.9 Å². The third-order valence-corrected chi connectivity index (χ3v) is 8.18. The standard InChI is InChI=1S/C26H33N3O5S/c1-26(2,3)27-35(33,34)23-7-5-4-6-22(23)18-8-10-19(11-9-18)24(30)29(20-12-13-20)21-14-16-28(17-15-21)25(31)32/h4-11,20-21,27H,12-17H2,1-3H3,(H,31,32). The largest absolute Gasteiger partial charge is 0.465 e. The van der Waals surface area contributed by atoms with Gasteiger partial charge in [0.25, 0.3) is 5.91 Å². The molecule has 0 aromatic heterocycles. The molecule has 2 amide bonds. The van der Waals surface area contributed by atoms with Crippen molar-refractivity contribution in [2.45, 2.75) is 69.0 Å². The molecule has 0 spiro atoms. The van der Waals surface area contributed by atoms with Crippen molar-refractivity contribution in [2.75, 3.05) is 13.1 Å². The second kappa shape index (κ2) is 9.62. The van der Waals surface area contributed by atoms with Crippen LogP contribution in [0.5, 0.6) is 0 Å². The van der Waals surface area contributed by atoms with Gasteiger partial charge >= 0.3 is 6.09 Å². The summed E-state index contributed by atoms with van der Waals surface area (Å²) in [5.41, 5.74) is 1.22. The van der Waals surface area contributed by atoms with E-state index < -0.39 is 21.7 Å². The Bertz CT molecular complexity index is 1190. The molecule has 0 bridgehead atoms. The maximum Gasteiger partial charge on any atom is 0.407 e. The molecule has 35 heavy (non-hydrogen) atoms. The Kier molecular flexibility index (Phi) is 6.92. The van der Waals surface area contributed by atoms with Gasteiger partial charge in [0.15, 0.2) is 0 Å². The van der Waals surface area contributed by atoms with Crippen molar-refractivity contribution < 1.29 is 23.1 Å². The minimum absolute atomic E-state index is 0.0274. The first-order valence-electron chi connectivity index (χ1n) is 12.0. The molecule has 1 saturated heterocycles. The number of hydrogen-bond donors (Lipinski definition) is 2. The molecular weight excluding hydrogens is 466 g/mol. The number of sulfonamides is 1. The fourth-order valence-electron chi connectivity index (χ4n) is 4.66. The zero-order valence-corrected chi connectivity index (χ0v) is 21.2. The van der Waals surface area contributed by atoms with Crippen LogP contribution in [-0.4, -0.2) is 66.0 Å². The minimum Gasteiger partial charge on any atom is -0.465 e. The van der Waals surface area contributed by atoms with Gasteiger partial charge in [-0.05, 0) is 70.2 Å². The van der Waals surface area contributed by atoms with Crippen molar-refractivity contribution in [2.24, 2.45) is 0 Å². The molecule has 188 valence electrons. The maximum atomic E-state index is 13.5.